The maximum absolute atomic E-state index is 14.9. The molecule has 0 fully saturated rings. The van der Waals surface area contributed by atoms with Crippen molar-refractivity contribution in [2.24, 2.45) is 0 Å². The fraction of sp³-hybridized carbons (Fsp3) is 0.111. The van der Waals surface area contributed by atoms with Crippen LogP contribution in [-0.4, -0.2) is 6.61 Å². The van der Waals surface area contributed by atoms with Gasteiger partial charge in [-0.15, -0.1) is 0 Å². The molecule has 0 heterocycles. The van der Waals surface area contributed by atoms with E-state index in [1.165, 1.54) is 6.07 Å². The monoisotopic (exact) mass is 400 g/mol. The first-order chi connectivity index (χ1) is 14.6. The minimum atomic E-state index is -1.19. The van der Waals surface area contributed by atoms with E-state index in [1.54, 1.807) is 36.4 Å². The Morgan fingerprint density at radius 2 is 1.63 bits per heavy atom. The molecule has 0 bridgehead atoms. The van der Waals surface area contributed by atoms with Gasteiger partial charge in [0.25, 0.3) is 0 Å². The Morgan fingerprint density at radius 3 is 2.37 bits per heavy atom. The summed E-state index contributed by atoms with van der Waals surface area (Å²) in [6, 6.07) is 25.6. The second kappa shape index (κ2) is 8.91. The maximum Gasteiger partial charge on any atom is 0.131 e. The van der Waals surface area contributed by atoms with Gasteiger partial charge in [-0.2, -0.15) is 0 Å². The van der Waals surface area contributed by atoms with Crippen molar-refractivity contribution in [1.29, 1.82) is 0 Å². The van der Waals surface area contributed by atoms with Crippen LogP contribution in [0.15, 0.2) is 97.6 Å². The molecular formula is C27H22F2O. The van der Waals surface area contributed by atoms with Gasteiger partial charge in [0.05, 0.1) is 0 Å². The first kappa shape index (κ1) is 19.8. The third-order valence-electron chi connectivity index (χ3n) is 5.12. The summed E-state index contributed by atoms with van der Waals surface area (Å²) in [4.78, 5) is 0. The van der Waals surface area contributed by atoms with Crippen LogP contribution in [0, 0.1) is 5.82 Å². The summed E-state index contributed by atoms with van der Waals surface area (Å²) in [5.41, 5.74) is 2.46. The molecule has 150 valence electrons. The molecule has 4 aromatic carbocycles. The van der Waals surface area contributed by atoms with Crippen LogP contribution in [0.1, 0.15) is 17.3 Å². The van der Waals surface area contributed by atoms with E-state index in [0.29, 0.717) is 29.0 Å². The molecule has 0 saturated heterocycles. The van der Waals surface area contributed by atoms with Crippen LogP contribution in [0.2, 0.25) is 0 Å². The lowest BCUT2D eigenvalue weighted by molar-refractivity contribution is 0.342. The molecule has 4 rings (SSSR count). The van der Waals surface area contributed by atoms with Crippen LogP contribution in [-0.2, 0) is 6.42 Å². The first-order valence-electron chi connectivity index (χ1n) is 9.89. The second-order valence-electron chi connectivity index (χ2n) is 7.22. The summed E-state index contributed by atoms with van der Waals surface area (Å²) in [6.07, 6.45) is 0.604. The van der Waals surface area contributed by atoms with Crippen molar-refractivity contribution in [3.63, 3.8) is 0 Å². The van der Waals surface area contributed by atoms with Crippen LogP contribution < -0.4 is 4.74 Å². The van der Waals surface area contributed by atoms with Gasteiger partial charge in [-0.3, -0.25) is 0 Å². The van der Waals surface area contributed by atoms with E-state index in [1.807, 2.05) is 48.5 Å². The lowest BCUT2D eigenvalue weighted by atomic mass is 9.97. The number of hydrogen-bond donors (Lipinski definition) is 0. The third kappa shape index (κ3) is 4.41. The molecule has 1 nitrogen and oxygen atoms in total. The topological polar surface area (TPSA) is 9.23 Å². The maximum atomic E-state index is 14.9. The van der Waals surface area contributed by atoms with Gasteiger partial charge in [-0.05, 0) is 51.7 Å². The predicted molar refractivity (Wildman–Crippen MR) is 119 cm³/mol. The summed E-state index contributed by atoms with van der Waals surface area (Å²) in [6.45, 7) is 4.03. The van der Waals surface area contributed by atoms with E-state index < -0.39 is 6.17 Å². The number of ether oxygens (including phenoxy) is 1. The van der Waals surface area contributed by atoms with Crippen LogP contribution in [0.4, 0.5) is 8.78 Å². The number of fused-ring (bicyclic) bond motifs is 1. The lowest BCUT2D eigenvalue weighted by Gasteiger charge is -2.12. The van der Waals surface area contributed by atoms with Crippen molar-refractivity contribution in [3.8, 4) is 16.9 Å². The number of halogens is 2. The van der Waals surface area contributed by atoms with Gasteiger partial charge in [0, 0.05) is 12.0 Å². The molecule has 0 aromatic heterocycles. The number of alkyl halides is 1. The SMILES string of the molecule is C=CCOc1ccc(-c2ccc(CC(F)c3ccc4ccccc4c3)cc2F)cc1. The summed E-state index contributed by atoms with van der Waals surface area (Å²) >= 11 is 0. The van der Waals surface area contributed by atoms with E-state index in [4.69, 9.17) is 4.74 Å². The molecule has 3 heteroatoms. The summed E-state index contributed by atoms with van der Waals surface area (Å²) < 4.78 is 35.1. The Morgan fingerprint density at radius 1 is 0.867 bits per heavy atom. The van der Waals surface area contributed by atoms with E-state index in [-0.39, 0.29) is 12.2 Å². The molecule has 4 aromatic rings. The van der Waals surface area contributed by atoms with Crippen molar-refractivity contribution in [1.82, 2.24) is 0 Å². The quantitative estimate of drug-likeness (QED) is 0.293. The van der Waals surface area contributed by atoms with E-state index in [9.17, 15) is 8.78 Å². The average molecular weight is 400 g/mol. The first-order valence-corrected chi connectivity index (χ1v) is 9.89. The van der Waals surface area contributed by atoms with Crippen molar-refractivity contribution in [2.45, 2.75) is 12.6 Å². The van der Waals surface area contributed by atoms with Crippen LogP contribution in [0.5, 0.6) is 5.75 Å². The van der Waals surface area contributed by atoms with Crippen molar-refractivity contribution in [3.05, 3.63) is 115 Å². The van der Waals surface area contributed by atoms with Gasteiger partial charge in [-0.25, -0.2) is 8.78 Å². The van der Waals surface area contributed by atoms with E-state index >= 15 is 0 Å². The Bertz CT molecular complexity index is 1170. The zero-order valence-corrected chi connectivity index (χ0v) is 16.5. The summed E-state index contributed by atoms with van der Waals surface area (Å²) in [5, 5.41) is 2.07. The standard InChI is InChI=1S/C27H22F2O/c1-2-15-30-24-12-10-21(11-13-24)25-14-7-19(17-27(25)29)16-26(28)23-9-8-20-5-3-4-6-22(20)18-23/h2-14,17-18,26H,1,15-16H2. The highest BCUT2D eigenvalue weighted by molar-refractivity contribution is 5.83. The predicted octanol–water partition coefficient (Wildman–Crippen LogP) is 7.46. The second-order valence-corrected chi connectivity index (χ2v) is 7.22. The van der Waals surface area contributed by atoms with Crippen molar-refractivity contribution >= 4 is 10.8 Å². The smallest absolute Gasteiger partial charge is 0.131 e. The molecule has 1 unspecified atom stereocenters. The summed E-state index contributed by atoms with van der Waals surface area (Å²) in [5.74, 6) is 0.337. The Kier molecular flexibility index (Phi) is 5.89. The van der Waals surface area contributed by atoms with Crippen LogP contribution >= 0.6 is 0 Å². The molecule has 30 heavy (non-hydrogen) atoms. The normalized spacial score (nSPS) is 11.9. The number of hydrogen-bond acceptors (Lipinski definition) is 1. The van der Waals surface area contributed by atoms with Gasteiger partial charge < -0.3 is 4.74 Å². The zero-order chi connectivity index (χ0) is 20.9. The largest absolute Gasteiger partial charge is 0.490 e. The third-order valence-corrected chi connectivity index (χ3v) is 5.12. The van der Waals surface area contributed by atoms with Gasteiger partial charge in [-0.1, -0.05) is 73.3 Å². The van der Waals surface area contributed by atoms with Crippen LogP contribution in [0.3, 0.4) is 0 Å². The highest BCUT2D eigenvalue weighted by Crippen LogP contribution is 2.29. The van der Waals surface area contributed by atoms with E-state index in [0.717, 1.165) is 16.3 Å². The molecule has 1 atom stereocenters. The lowest BCUT2D eigenvalue weighted by Crippen LogP contribution is -1.98. The molecule has 0 aliphatic heterocycles. The summed E-state index contributed by atoms with van der Waals surface area (Å²) in [7, 11) is 0. The Labute approximate surface area is 175 Å². The highest BCUT2D eigenvalue weighted by atomic mass is 19.1. The van der Waals surface area contributed by atoms with Crippen LogP contribution in [0.25, 0.3) is 21.9 Å². The number of rotatable bonds is 7. The number of benzene rings is 4. The Balaban J connectivity index is 1.50. The Hall–Kier alpha value is -3.46. The molecule has 0 spiro atoms. The fourth-order valence-corrected chi connectivity index (χ4v) is 3.53. The van der Waals surface area contributed by atoms with Gasteiger partial charge in [0.2, 0.25) is 0 Å². The molecule has 0 aliphatic carbocycles. The molecule has 0 saturated carbocycles. The zero-order valence-electron chi connectivity index (χ0n) is 16.5. The van der Waals surface area contributed by atoms with Crippen molar-refractivity contribution in [2.75, 3.05) is 6.61 Å². The molecule has 0 radical (unpaired) electrons. The van der Waals surface area contributed by atoms with Crippen molar-refractivity contribution < 1.29 is 13.5 Å². The van der Waals surface area contributed by atoms with Gasteiger partial charge >= 0.3 is 0 Å². The molecular weight excluding hydrogens is 378 g/mol. The van der Waals surface area contributed by atoms with Gasteiger partial charge in [0.1, 0.15) is 24.3 Å². The molecule has 0 aliphatic rings. The van der Waals surface area contributed by atoms with Gasteiger partial charge in [0.15, 0.2) is 0 Å². The highest BCUT2D eigenvalue weighted by Gasteiger charge is 2.14. The minimum absolute atomic E-state index is 0.129. The fourth-order valence-electron chi connectivity index (χ4n) is 3.53. The van der Waals surface area contributed by atoms with E-state index in [2.05, 4.69) is 6.58 Å². The molecule has 0 N–H and O–H groups in total. The molecule has 0 amide bonds. The minimum Gasteiger partial charge on any atom is -0.490 e. The average Bonchev–Trinajstić information content (AvgIpc) is 2.78.